The van der Waals surface area contributed by atoms with Crippen LogP contribution in [0.4, 0.5) is 0 Å². The van der Waals surface area contributed by atoms with Gasteiger partial charge in [0.15, 0.2) is 0 Å². The van der Waals surface area contributed by atoms with Gasteiger partial charge in [0, 0.05) is 18.8 Å². The Morgan fingerprint density at radius 3 is 2.94 bits per heavy atom. The number of aliphatic hydroxyl groups is 1. The summed E-state index contributed by atoms with van der Waals surface area (Å²) in [6, 6.07) is 9.03. The second-order valence-corrected chi connectivity index (χ2v) is 4.14. The van der Waals surface area contributed by atoms with Crippen molar-refractivity contribution in [1.82, 2.24) is 9.78 Å². The summed E-state index contributed by atoms with van der Waals surface area (Å²) in [4.78, 5) is 0. The Balaban J connectivity index is 2.16. The van der Waals surface area contributed by atoms with Gasteiger partial charge in [0.25, 0.3) is 0 Å². The highest BCUT2D eigenvalue weighted by molar-refractivity contribution is 5.62. The van der Waals surface area contributed by atoms with Gasteiger partial charge in [-0.2, -0.15) is 5.10 Å². The third kappa shape index (κ3) is 3.15. The molecule has 0 aliphatic heterocycles. The van der Waals surface area contributed by atoms with Crippen molar-refractivity contribution >= 4 is 0 Å². The van der Waals surface area contributed by atoms with Crippen LogP contribution in [0.5, 0.6) is 0 Å². The largest absolute Gasteiger partial charge is 0.379 e. The maximum Gasteiger partial charge on any atom is 0.102 e. The Morgan fingerprint density at radius 2 is 2.29 bits per heavy atom. The molecule has 0 spiro atoms. The van der Waals surface area contributed by atoms with Gasteiger partial charge < -0.3 is 10.8 Å². The smallest absolute Gasteiger partial charge is 0.102 e. The van der Waals surface area contributed by atoms with Crippen molar-refractivity contribution in [3.63, 3.8) is 0 Å². The molecule has 0 bridgehead atoms. The Morgan fingerprint density at radius 1 is 1.47 bits per heavy atom. The normalized spacial score (nSPS) is 12.6. The molecule has 4 heteroatoms. The number of aliphatic hydroxyl groups excluding tert-OH is 1. The zero-order chi connectivity index (χ0) is 12.3. The molecule has 1 atom stereocenters. The minimum Gasteiger partial charge on any atom is -0.379 e. The van der Waals surface area contributed by atoms with E-state index in [1.54, 1.807) is 4.68 Å². The molecule has 0 saturated carbocycles. The fourth-order valence-electron chi connectivity index (χ4n) is 1.72. The second-order valence-electron chi connectivity index (χ2n) is 4.14. The van der Waals surface area contributed by atoms with Crippen LogP contribution in [0.3, 0.4) is 0 Å². The maximum absolute atomic E-state index is 9.06. The van der Waals surface area contributed by atoms with Crippen LogP contribution in [-0.2, 0) is 13.5 Å². The molecule has 1 aromatic carbocycles. The zero-order valence-corrected chi connectivity index (χ0v) is 9.80. The standard InChI is InChI=1S/C13H16N3O/c1-16-9-12(8-15-16)11-4-2-3-10(7-11)5-6-13(14)17/h3-4,7-9,13,17H,5-6,14H2,1H3. The minimum atomic E-state index is -0.753. The summed E-state index contributed by atoms with van der Waals surface area (Å²) in [5.74, 6) is 0. The first-order valence-corrected chi connectivity index (χ1v) is 5.58. The quantitative estimate of drug-likeness (QED) is 0.773. The number of rotatable bonds is 4. The molecular formula is C13H16N3O. The van der Waals surface area contributed by atoms with Gasteiger partial charge in [-0.3, -0.25) is 4.68 Å². The Hall–Kier alpha value is -1.65. The predicted molar refractivity (Wildman–Crippen MR) is 66.0 cm³/mol. The van der Waals surface area contributed by atoms with E-state index >= 15 is 0 Å². The zero-order valence-electron chi connectivity index (χ0n) is 9.80. The lowest BCUT2D eigenvalue weighted by Gasteiger charge is -2.05. The number of nitrogens with two attached hydrogens (primary N) is 1. The first-order valence-electron chi connectivity index (χ1n) is 5.58. The third-order valence-electron chi connectivity index (χ3n) is 2.62. The van der Waals surface area contributed by atoms with E-state index in [1.165, 1.54) is 0 Å². The van der Waals surface area contributed by atoms with Crippen molar-refractivity contribution in [2.45, 2.75) is 19.1 Å². The van der Waals surface area contributed by atoms with Gasteiger partial charge in [-0.05, 0) is 36.1 Å². The van der Waals surface area contributed by atoms with Crippen molar-refractivity contribution in [2.24, 2.45) is 12.8 Å². The highest BCUT2D eigenvalue weighted by Gasteiger charge is 2.03. The lowest BCUT2D eigenvalue weighted by atomic mass is 10.0. The van der Waals surface area contributed by atoms with E-state index in [-0.39, 0.29) is 0 Å². The van der Waals surface area contributed by atoms with Crippen LogP contribution in [0.15, 0.2) is 30.6 Å². The summed E-state index contributed by atoms with van der Waals surface area (Å²) in [5.41, 5.74) is 8.60. The highest BCUT2D eigenvalue weighted by Crippen LogP contribution is 2.19. The molecule has 1 unspecified atom stereocenters. The van der Waals surface area contributed by atoms with Crippen LogP contribution in [-0.4, -0.2) is 21.1 Å². The fourth-order valence-corrected chi connectivity index (χ4v) is 1.72. The summed E-state index contributed by atoms with van der Waals surface area (Å²) in [6.07, 6.45) is 4.35. The van der Waals surface area contributed by atoms with E-state index in [1.807, 2.05) is 31.6 Å². The summed E-state index contributed by atoms with van der Waals surface area (Å²) in [6.45, 7) is 0. The van der Waals surface area contributed by atoms with Gasteiger partial charge in [0.2, 0.25) is 0 Å². The van der Waals surface area contributed by atoms with Crippen LogP contribution in [0, 0.1) is 6.07 Å². The molecule has 1 radical (unpaired) electrons. The molecule has 3 N–H and O–H groups in total. The monoisotopic (exact) mass is 230 g/mol. The molecule has 0 aliphatic carbocycles. The van der Waals surface area contributed by atoms with E-state index in [0.29, 0.717) is 6.42 Å². The highest BCUT2D eigenvalue weighted by atomic mass is 16.3. The van der Waals surface area contributed by atoms with E-state index in [2.05, 4.69) is 17.2 Å². The van der Waals surface area contributed by atoms with Gasteiger partial charge in [-0.1, -0.05) is 12.1 Å². The molecule has 17 heavy (non-hydrogen) atoms. The molecule has 0 fully saturated rings. The number of benzene rings is 1. The Labute approximate surface area is 101 Å². The van der Waals surface area contributed by atoms with E-state index in [4.69, 9.17) is 10.8 Å². The molecule has 4 nitrogen and oxygen atoms in total. The van der Waals surface area contributed by atoms with Gasteiger partial charge in [-0.25, -0.2) is 0 Å². The van der Waals surface area contributed by atoms with Gasteiger partial charge in [-0.15, -0.1) is 0 Å². The number of hydrogen-bond donors (Lipinski definition) is 2. The van der Waals surface area contributed by atoms with Gasteiger partial charge >= 0.3 is 0 Å². The Kier molecular flexibility index (Phi) is 3.56. The van der Waals surface area contributed by atoms with Crippen molar-refractivity contribution in [3.8, 4) is 11.1 Å². The molecule has 0 amide bonds. The summed E-state index contributed by atoms with van der Waals surface area (Å²) in [7, 11) is 1.89. The fraction of sp³-hybridized carbons (Fsp3) is 0.308. The molecule has 2 aromatic rings. The SMILES string of the molecule is Cn1cc(-c2c[c]cc(CCC(N)O)c2)cn1. The number of aromatic nitrogens is 2. The summed E-state index contributed by atoms with van der Waals surface area (Å²) in [5, 5.41) is 13.2. The number of nitrogens with zero attached hydrogens (tertiary/aromatic N) is 2. The maximum atomic E-state index is 9.06. The van der Waals surface area contributed by atoms with Crippen molar-refractivity contribution in [3.05, 3.63) is 42.2 Å². The lowest BCUT2D eigenvalue weighted by Crippen LogP contribution is -2.19. The first-order chi connectivity index (χ1) is 8.15. The van der Waals surface area contributed by atoms with Crippen molar-refractivity contribution in [2.75, 3.05) is 0 Å². The average Bonchev–Trinajstić information content (AvgIpc) is 2.74. The molecule has 89 valence electrons. The van der Waals surface area contributed by atoms with Gasteiger partial charge in [0.05, 0.1) is 6.20 Å². The van der Waals surface area contributed by atoms with Crippen LogP contribution < -0.4 is 5.73 Å². The molecule has 1 aromatic heterocycles. The topological polar surface area (TPSA) is 64.1 Å². The summed E-state index contributed by atoms with van der Waals surface area (Å²) >= 11 is 0. The van der Waals surface area contributed by atoms with Crippen LogP contribution in [0.25, 0.3) is 11.1 Å². The molecular weight excluding hydrogens is 214 g/mol. The van der Waals surface area contributed by atoms with Crippen molar-refractivity contribution in [1.29, 1.82) is 0 Å². The second kappa shape index (κ2) is 5.12. The van der Waals surface area contributed by atoms with Crippen molar-refractivity contribution < 1.29 is 5.11 Å². The van der Waals surface area contributed by atoms with Crippen LogP contribution >= 0.6 is 0 Å². The number of aryl methyl sites for hydroxylation is 2. The molecule has 0 aliphatic rings. The number of hydrogen-bond acceptors (Lipinski definition) is 3. The van der Waals surface area contributed by atoms with E-state index < -0.39 is 6.23 Å². The van der Waals surface area contributed by atoms with Crippen LogP contribution in [0.1, 0.15) is 12.0 Å². The predicted octanol–water partition coefficient (Wildman–Crippen LogP) is 1.10. The summed E-state index contributed by atoms with van der Waals surface area (Å²) < 4.78 is 1.77. The molecule has 2 rings (SSSR count). The molecule has 0 saturated heterocycles. The van der Waals surface area contributed by atoms with Crippen LogP contribution in [0.2, 0.25) is 0 Å². The first kappa shape index (κ1) is 11.8. The van der Waals surface area contributed by atoms with E-state index in [9.17, 15) is 0 Å². The lowest BCUT2D eigenvalue weighted by molar-refractivity contribution is 0.172. The third-order valence-corrected chi connectivity index (χ3v) is 2.62. The molecule has 1 heterocycles. The Bertz CT molecular complexity index is 491. The van der Waals surface area contributed by atoms with E-state index in [0.717, 1.165) is 23.1 Å². The average molecular weight is 230 g/mol. The van der Waals surface area contributed by atoms with Gasteiger partial charge in [0.1, 0.15) is 6.23 Å². The minimum absolute atomic E-state index is 0.560.